The minimum atomic E-state index is -0.771. The minimum Gasteiger partial charge on any atom is -0.480 e. The van der Waals surface area contributed by atoms with E-state index in [0.29, 0.717) is 6.04 Å². The Kier molecular flexibility index (Phi) is 8.38. The van der Waals surface area contributed by atoms with Crippen molar-refractivity contribution in [2.75, 3.05) is 0 Å². The van der Waals surface area contributed by atoms with E-state index in [0.717, 1.165) is 6.42 Å². The van der Waals surface area contributed by atoms with Crippen LogP contribution >= 0.6 is 0 Å². The van der Waals surface area contributed by atoms with Crippen molar-refractivity contribution in [2.24, 2.45) is 0 Å². The van der Waals surface area contributed by atoms with Gasteiger partial charge in [-0.1, -0.05) is 39.0 Å². The summed E-state index contributed by atoms with van der Waals surface area (Å²) in [6.07, 6.45) is 7.41. The largest absolute Gasteiger partial charge is 0.480 e. The summed E-state index contributed by atoms with van der Waals surface area (Å²) in [5.41, 5.74) is 0. The Morgan fingerprint density at radius 2 is 1.80 bits per heavy atom. The molecule has 0 bridgehead atoms. The van der Waals surface area contributed by atoms with Crippen LogP contribution in [0.5, 0.6) is 0 Å². The van der Waals surface area contributed by atoms with E-state index in [1.807, 2.05) is 0 Å². The van der Waals surface area contributed by atoms with E-state index in [-0.39, 0.29) is 0 Å². The fourth-order valence-electron chi connectivity index (χ4n) is 1.64. The third-order valence-corrected chi connectivity index (χ3v) is 2.65. The van der Waals surface area contributed by atoms with Crippen molar-refractivity contribution in [3.05, 3.63) is 0 Å². The monoisotopic (exact) mass is 215 g/mol. The lowest BCUT2D eigenvalue weighted by atomic mass is 10.1. The fourth-order valence-corrected chi connectivity index (χ4v) is 1.64. The van der Waals surface area contributed by atoms with Gasteiger partial charge in [-0.25, -0.2) is 0 Å². The highest BCUT2D eigenvalue weighted by Gasteiger charge is 2.12. The number of nitrogens with one attached hydrogen (secondary N) is 1. The molecule has 0 aromatic carbocycles. The van der Waals surface area contributed by atoms with Gasteiger partial charge in [0.25, 0.3) is 0 Å². The van der Waals surface area contributed by atoms with Gasteiger partial charge >= 0.3 is 5.97 Å². The Labute approximate surface area is 93.3 Å². The molecule has 0 heterocycles. The molecule has 0 aromatic heterocycles. The predicted octanol–water partition coefficient (Wildman–Crippen LogP) is 2.80. The van der Waals surface area contributed by atoms with Crippen molar-refractivity contribution in [1.29, 1.82) is 0 Å². The number of rotatable bonds is 9. The summed E-state index contributed by atoms with van der Waals surface area (Å²) in [5, 5.41) is 11.8. The highest BCUT2D eigenvalue weighted by molar-refractivity contribution is 5.72. The highest BCUT2D eigenvalue weighted by atomic mass is 16.4. The SMILES string of the molecule is CCCCCCCC(C)NC(C)C(=O)O. The number of hydrogen-bond donors (Lipinski definition) is 2. The highest BCUT2D eigenvalue weighted by Crippen LogP contribution is 2.07. The number of carboxylic acids is 1. The predicted molar refractivity (Wildman–Crippen MR) is 63.1 cm³/mol. The van der Waals surface area contributed by atoms with Gasteiger partial charge in [-0.05, 0) is 20.3 Å². The molecule has 0 rings (SSSR count). The van der Waals surface area contributed by atoms with Gasteiger partial charge in [0.1, 0.15) is 6.04 Å². The standard InChI is InChI=1S/C12H25NO2/c1-4-5-6-7-8-9-10(2)13-11(3)12(14)15/h10-11,13H,4-9H2,1-3H3,(H,14,15). The molecule has 90 valence electrons. The van der Waals surface area contributed by atoms with Gasteiger partial charge < -0.3 is 10.4 Å². The van der Waals surface area contributed by atoms with Crippen LogP contribution in [0.4, 0.5) is 0 Å². The molecule has 2 N–H and O–H groups in total. The van der Waals surface area contributed by atoms with Crippen LogP contribution in [0, 0.1) is 0 Å². The molecule has 0 aliphatic carbocycles. The molecule has 3 heteroatoms. The van der Waals surface area contributed by atoms with Crippen molar-refractivity contribution >= 4 is 5.97 Å². The quantitative estimate of drug-likeness (QED) is 0.581. The Balaban J connectivity index is 3.40. The fraction of sp³-hybridized carbons (Fsp3) is 0.917. The van der Waals surface area contributed by atoms with Crippen LogP contribution in [-0.2, 0) is 4.79 Å². The average molecular weight is 215 g/mol. The first kappa shape index (κ1) is 14.4. The second kappa shape index (κ2) is 8.72. The molecule has 0 aliphatic heterocycles. The van der Waals surface area contributed by atoms with Gasteiger partial charge in [-0.3, -0.25) is 4.79 Å². The minimum absolute atomic E-state index is 0.303. The maximum Gasteiger partial charge on any atom is 0.320 e. The summed E-state index contributed by atoms with van der Waals surface area (Å²) in [4.78, 5) is 10.6. The first-order chi connectivity index (χ1) is 7.07. The van der Waals surface area contributed by atoms with E-state index < -0.39 is 12.0 Å². The van der Waals surface area contributed by atoms with E-state index >= 15 is 0 Å². The van der Waals surface area contributed by atoms with Crippen LogP contribution in [0.25, 0.3) is 0 Å². The van der Waals surface area contributed by atoms with Crippen molar-refractivity contribution in [3.63, 3.8) is 0 Å². The second-order valence-electron chi connectivity index (χ2n) is 4.33. The van der Waals surface area contributed by atoms with E-state index in [2.05, 4.69) is 19.2 Å². The zero-order chi connectivity index (χ0) is 11.7. The van der Waals surface area contributed by atoms with Gasteiger partial charge in [0.15, 0.2) is 0 Å². The van der Waals surface area contributed by atoms with Crippen LogP contribution < -0.4 is 5.32 Å². The topological polar surface area (TPSA) is 49.3 Å². The molecule has 2 unspecified atom stereocenters. The van der Waals surface area contributed by atoms with Crippen LogP contribution in [0.1, 0.15) is 59.3 Å². The van der Waals surface area contributed by atoms with Gasteiger partial charge in [0, 0.05) is 6.04 Å². The third-order valence-electron chi connectivity index (χ3n) is 2.65. The molecule has 2 atom stereocenters. The summed E-state index contributed by atoms with van der Waals surface area (Å²) >= 11 is 0. The Hall–Kier alpha value is -0.570. The lowest BCUT2D eigenvalue weighted by molar-refractivity contribution is -0.139. The average Bonchev–Trinajstić information content (AvgIpc) is 2.17. The maximum atomic E-state index is 10.6. The molecular weight excluding hydrogens is 190 g/mol. The summed E-state index contributed by atoms with van der Waals surface area (Å²) in [7, 11) is 0. The second-order valence-corrected chi connectivity index (χ2v) is 4.33. The molecule has 15 heavy (non-hydrogen) atoms. The van der Waals surface area contributed by atoms with Crippen LogP contribution in [0.2, 0.25) is 0 Å². The van der Waals surface area contributed by atoms with Gasteiger partial charge in [-0.15, -0.1) is 0 Å². The Morgan fingerprint density at radius 1 is 1.20 bits per heavy atom. The molecule has 0 aromatic rings. The summed E-state index contributed by atoms with van der Waals surface area (Å²) in [5.74, 6) is -0.771. The van der Waals surface area contributed by atoms with Crippen molar-refractivity contribution in [3.8, 4) is 0 Å². The molecule has 0 radical (unpaired) electrons. The molecule has 0 saturated carbocycles. The van der Waals surface area contributed by atoms with Gasteiger partial charge in [0.05, 0.1) is 0 Å². The maximum absolute atomic E-state index is 10.6. The molecule has 3 nitrogen and oxygen atoms in total. The van der Waals surface area contributed by atoms with E-state index in [4.69, 9.17) is 5.11 Å². The number of aliphatic carboxylic acids is 1. The molecule has 0 saturated heterocycles. The lowest BCUT2D eigenvalue weighted by Crippen LogP contribution is -2.39. The molecule has 0 spiro atoms. The zero-order valence-corrected chi connectivity index (χ0v) is 10.3. The molecule has 0 fully saturated rings. The van der Waals surface area contributed by atoms with Gasteiger partial charge in [0.2, 0.25) is 0 Å². The number of carbonyl (C=O) groups is 1. The van der Waals surface area contributed by atoms with E-state index in [1.54, 1.807) is 6.92 Å². The van der Waals surface area contributed by atoms with Crippen LogP contribution in [0.3, 0.4) is 0 Å². The van der Waals surface area contributed by atoms with E-state index in [9.17, 15) is 4.79 Å². The number of unbranched alkanes of at least 4 members (excludes halogenated alkanes) is 4. The van der Waals surface area contributed by atoms with Gasteiger partial charge in [-0.2, -0.15) is 0 Å². The number of hydrogen-bond acceptors (Lipinski definition) is 2. The summed E-state index contributed by atoms with van der Waals surface area (Å²) in [6.45, 7) is 5.95. The first-order valence-corrected chi connectivity index (χ1v) is 6.06. The molecule has 0 aliphatic rings. The Bertz CT molecular complexity index is 171. The third kappa shape index (κ3) is 8.43. The summed E-state index contributed by atoms with van der Waals surface area (Å²) in [6, 6.07) is -0.131. The lowest BCUT2D eigenvalue weighted by Gasteiger charge is -2.16. The Morgan fingerprint density at radius 3 is 2.33 bits per heavy atom. The molecular formula is C12H25NO2. The van der Waals surface area contributed by atoms with Crippen LogP contribution in [0.15, 0.2) is 0 Å². The molecule has 0 amide bonds. The van der Waals surface area contributed by atoms with E-state index in [1.165, 1.54) is 32.1 Å². The van der Waals surface area contributed by atoms with Crippen molar-refractivity contribution in [2.45, 2.75) is 71.4 Å². The normalized spacial score (nSPS) is 14.9. The summed E-state index contributed by atoms with van der Waals surface area (Å²) < 4.78 is 0. The van der Waals surface area contributed by atoms with Crippen molar-refractivity contribution < 1.29 is 9.90 Å². The zero-order valence-electron chi connectivity index (χ0n) is 10.3. The first-order valence-electron chi connectivity index (χ1n) is 6.06. The van der Waals surface area contributed by atoms with Crippen LogP contribution in [-0.4, -0.2) is 23.2 Å². The number of carboxylic acid groups (broad SMARTS) is 1. The van der Waals surface area contributed by atoms with Crippen molar-refractivity contribution in [1.82, 2.24) is 5.32 Å². The smallest absolute Gasteiger partial charge is 0.320 e.